The summed E-state index contributed by atoms with van der Waals surface area (Å²) in [7, 11) is 0. The lowest BCUT2D eigenvalue weighted by molar-refractivity contribution is 0.229. The van der Waals surface area contributed by atoms with E-state index in [0.717, 1.165) is 51.5 Å². The van der Waals surface area contributed by atoms with E-state index in [1.165, 1.54) is 15.6 Å². The number of halogens is 2. The molecule has 2 aliphatic heterocycles. The SMILES string of the molecule is Brc1cc2c(c(CN3CCNCC3)c1)OCC2.Cl. The van der Waals surface area contributed by atoms with Gasteiger partial charge in [-0.2, -0.15) is 0 Å². The molecule has 0 atom stereocenters. The van der Waals surface area contributed by atoms with Gasteiger partial charge in [0.1, 0.15) is 5.75 Å². The first-order valence-electron chi connectivity index (χ1n) is 6.20. The maximum atomic E-state index is 5.76. The highest BCUT2D eigenvalue weighted by Gasteiger charge is 2.19. The first-order valence-corrected chi connectivity index (χ1v) is 6.99. The molecule has 0 bridgehead atoms. The molecule has 0 aromatic heterocycles. The third-order valence-corrected chi connectivity index (χ3v) is 3.89. The first kappa shape index (κ1) is 14.1. The van der Waals surface area contributed by atoms with Crippen LogP contribution in [0.5, 0.6) is 5.75 Å². The summed E-state index contributed by atoms with van der Waals surface area (Å²) in [5.41, 5.74) is 2.68. The Balaban J connectivity index is 0.00000120. The van der Waals surface area contributed by atoms with E-state index in [4.69, 9.17) is 4.74 Å². The van der Waals surface area contributed by atoms with Gasteiger partial charge in [-0.25, -0.2) is 0 Å². The molecular weight excluding hydrogens is 316 g/mol. The molecule has 1 aromatic rings. The van der Waals surface area contributed by atoms with Crippen molar-refractivity contribution in [2.75, 3.05) is 32.8 Å². The molecule has 100 valence electrons. The molecule has 5 heteroatoms. The highest BCUT2D eigenvalue weighted by molar-refractivity contribution is 9.10. The van der Waals surface area contributed by atoms with Crippen molar-refractivity contribution in [3.8, 4) is 5.75 Å². The van der Waals surface area contributed by atoms with Crippen LogP contribution in [0, 0.1) is 0 Å². The second kappa shape index (κ2) is 6.24. The van der Waals surface area contributed by atoms with Gasteiger partial charge < -0.3 is 10.1 Å². The summed E-state index contributed by atoms with van der Waals surface area (Å²) in [6.45, 7) is 6.28. The summed E-state index contributed by atoms with van der Waals surface area (Å²) < 4.78 is 6.94. The van der Waals surface area contributed by atoms with Crippen LogP contribution in [-0.4, -0.2) is 37.7 Å². The zero-order valence-corrected chi connectivity index (χ0v) is 12.6. The van der Waals surface area contributed by atoms with E-state index in [2.05, 4.69) is 38.3 Å². The lowest BCUT2D eigenvalue weighted by atomic mass is 10.1. The van der Waals surface area contributed by atoms with Crippen LogP contribution in [0.1, 0.15) is 11.1 Å². The van der Waals surface area contributed by atoms with Crippen molar-refractivity contribution in [2.45, 2.75) is 13.0 Å². The standard InChI is InChI=1S/C13H17BrN2O.ClH/c14-12-7-10-1-6-17-13(10)11(8-12)9-16-4-2-15-3-5-16;/h7-8,15H,1-6,9H2;1H. The molecule has 2 aliphatic rings. The molecule has 0 saturated carbocycles. The number of ether oxygens (including phenoxy) is 1. The van der Waals surface area contributed by atoms with Crippen molar-refractivity contribution >= 4 is 28.3 Å². The van der Waals surface area contributed by atoms with Crippen molar-refractivity contribution in [2.24, 2.45) is 0 Å². The number of hydrogen-bond donors (Lipinski definition) is 1. The van der Waals surface area contributed by atoms with Crippen molar-refractivity contribution in [1.82, 2.24) is 10.2 Å². The maximum absolute atomic E-state index is 5.76. The minimum absolute atomic E-state index is 0. The normalized spacial score (nSPS) is 18.9. The van der Waals surface area contributed by atoms with Gasteiger partial charge in [-0.1, -0.05) is 15.9 Å². The van der Waals surface area contributed by atoms with Gasteiger partial charge in [0.05, 0.1) is 6.61 Å². The van der Waals surface area contributed by atoms with E-state index in [9.17, 15) is 0 Å². The molecule has 0 unspecified atom stereocenters. The number of nitrogens with one attached hydrogen (secondary N) is 1. The Morgan fingerprint density at radius 3 is 2.83 bits per heavy atom. The Bertz CT molecular complexity index is 422. The van der Waals surface area contributed by atoms with Crippen LogP contribution >= 0.6 is 28.3 Å². The molecule has 1 aromatic carbocycles. The second-order valence-electron chi connectivity index (χ2n) is 4.68. The van der Waals surface area contributed by atoms with E-state index >= 15 is 0 Å². The van der Waals surface area contributed by atoms with Crippen LogP contribution in [-0.2, 0) is 13.0 Å². The average Bonchev–Trinajstić information content (AvgIpc) is 2.78. The van der Waals surface area contributed by atoms with Gasteiger partial charge in [-0.3, -0.25) is 4.90 Å². The quantitative estimate of drug-likeness (QED) is 0.898. The highest BCUT2D eigenvalue weighted by atomic mass is 79.9. The molecule has 0 aliphatic carbocycles. The second-order valence-corrected chi connectivity index (χ2v) is 5.59. The van der Waals surface area contributed by atoms with E-state index < -0.39 is 0 Å². The van der Waals surface area contributed by atoms with Crippen molar-refractivity contribution in [3.63, 3.8) is 0 Å². The van der Waals surface area contributed by atoms with Crippen LogP contribution in [0.15, 0.2) is 16.6 Å². The number of nitrogens with zero attached hydrogens (tertiary/aromatic N) is 1. The predicted octanol–water partition coefficient (Wildman–Crippen LogP) is 2.21. The smallest absolute Gasteiger partial charge is 0.127 e. The van der Waals surface area contributed by atoms with Crippen molar-refractivity contribution < 1.29 is 4.74 Å². The molecule has 1 N–H and O–H groups in total. The Labute approximate surface area is 122 Å². The van der Waals surface area contributed by atoms with Gasteiger partial charge in [0, 0.05) is 49.2 Å². The van der Waals surface area contributed by atoms with Gasteiger partial charge >= 0.3 is 0 Å². The van der Waals surface area contributed by atoms with E-state index in [-0.39, 0.29) is 12.4 Å². The molecule has 1 fully saturated rings. The Morgan fingerprint density at radius 1 is 1.28 bits per heavy atom. The average molecular weight is 334 g/mol. The lowest BCUT2D eigenvalue weighted by Crippen LogP contribution is -2.42. The molecule has 1 saturated heterocycles. The number of hydrogen-bond acceptors (Lipinski definition) is 3. The summed E-state index contributed by atoms with van der Waals surface area (Å²) in [4.78, 5) is 2.49. The van der Waals surface area contributed by atoms with Crippen LogP contribution in [0.4, 0.5) is 0 Å². The molecule has 0 radical (unpaired) electrons. The van der Waals surface area contributed by atoms with Crippen LogP contribution in [0.3, 0.4) is 0 Å². The Hall–Kier alpha value is -0.290. The zero-order valence-electron chi connectivity index (χ0n) is 10.2. The molecule has 2 heterocycles. The van der Waals surface area contributed by atoms with Crippen LogP contribution in [0.25, 0.3) is 0 Å². The predicted molar refractivity (Wildman–Crippen MR) is 78.7 cm³/mol. The van der Waals surface area contributed by atoms with Gasteiger partial charge in [-0.15, -0.1) is 12.4 Å². The minimum Gasteiger partial charge on any atom is -0.493 e. The third kappa shape index (κ3) is 2.99. The van der Waals surface area contributed by atoms with E-state index in [1.807, 2.05) is 0 Å². The van der Waals surface area contributed by atoms with Gasteiger partial charge in [0.25, 0.3) is 0 Å². The molecule has 3 nitrogen and oxygen atoms in total. The number of benzene rings is 1. The largest absolute Gasteiger partial charge is 0.493 e. The van der Waals surface area contributed by atoms with E-state index in [0.29, 0.717) is 0 Å². The summed E-state index contributed by atoms with van der Waals surface area (Å²) in [5, 5.41) is 3.38. The molecule has 0 spiro atoms. The molecule has 0 amide bonds. The zero-order chi connectivity index (χ0) is 11.7. The maximum Gasteiger partial charge on any atom is 0.127 e. The number of rotatable bonds is 2. The number of piperazine rings is 1. The topological polar surface area (TPSA) is 24.5 Å². The van der Waals surface area contributed by atoms with Gasteiger partial charge in [0.2, 0.25) is 0 Å². The summed E-state index contributed by atoms with van der Waals surface area (Å²) >= 11 is 3.59. The summed E-state index contributed by atoms with van der Waals surface area (Å²) in [6, 6.07) is 4.38. The molecule has 18 heavy (non-hydrogen) atoms. The fraction of sp³-hybridized carbons (Fsp3) is 0.538. The van der Waals surface area contributed by atoms with E-state index in [1.54, 1.807) is 0 Å². The van der Waals surface area contributed by atoms with Gasteiger partial charge in [0.15, 0.2) is 0 Å². The molecule has 3 rings (SSSR count). The molecular formula is C13H18BrClN2O. The number of fused-ring (bicyclic) bond motifs is 1. The minimum atomic E-state index is 0. The van der Waals surface area contributed by atoms with Crippen molar-refractivity contribution in [3.05, 3.63) is 27.7 Å². The van der Waals surface area contributed by atoms with Gasteiger partial charge in [-0.05, 0) is 17.7 Å². The summed E-state index contributed by atoms with van der Waals surface area (Å²) in [5.74, 6) is 1.13. The Kier molecular flexibility index (Phi) is 4.90. The third-order valence-electron chi connectivity index (χ3n) is 3.43. The lowest BCUT2D eigenvalue weighted by Gasteiger charge is -2.27. The highest BCUT2D eigenvalue weighted by Crippen LogP contribution is 2.33. The fourth-order valence-corrected chi connectivity index (χ4v) is 3.13. The fourth-order valence-electron chi connectivity index (χ4n) is 2.57. The Morgan fingerprint density at radius 2 is 2.06 bits per heavy atom. The van der Waals surface area contributed by atoms with Crippen molar-refractivity contribution in [1.29, 1.82) is 0 Å². The van der Waals surface area contributed by atoms with Crippen LogP contribution < -0.4 is 10.1 Å². The van der Waals surface area contributed by atoms with Crippen LogP contribution in [0.2, 0.25) is 0 Å². The first-order chi connectivity index (χ1) is 8.33. The monoisotopic (exact) mass is 332 g/mol. The summed E-state index contributed by atoms with van der Waals surface area (Å²) in [6.07, 6.45) is 1.04.